The van der Waals surface area contributed by atoms with Gasteiger partial charge >= 0.3 is 0 Å². The lowest BCUT2D eigenvalue weighted by atomic mass is 10.1. The Morgan fingerprint density at radius 2 is 2.10 bits per heavy atom. The Labute approximate surface area is 180 Å². The van der Waals surface area contributed by atoms with Crippen LogP contribution in [0.15, 0.2) is 36.9 Å². The van der Waals surface area contributed by atoms with Crippen molar-refractivity contribution in [3.05, 3.63) is 48.3 Å². The van der Waals surface area contributed by atoms with E-state index in [9.17, 15) is 9.18 Å². The fourth-order valence-electron chi connectivity index (χ4n) is 3.67. The molecule has 31 heavy (non-hydrogen) atoms. The minimum atomic E-state index is -0.405. The van der Waals surface area contributed by atoms with Crippen LogP contribution in [-0.4, -0.2) is 70.8 Å². The molecule has 3 aromatic heterocycles. The van der Waals surface area contributed by atoms with Gasteiger partial charge in [-0.05, 0) is 26.0 Å². The van der Waals surface area contributed by atoms with Crippen molar-refractivity contribution in [3.8, 4) is 11.1 Å². The van der Waals surface area contributed by atoms with Crippen LogP contribution in [0, 0.1) is 5.82 Å². The summed E-state index contributed by atoms with van der Waals surface area (Å²) >= 11 is 0. The van der Waals surface area contributed by atoms with E-state index in [1.165, 1.54) is 6.20 Å². The van der Waals surface area contributed by atoms with Crippen molar-refractivity contribution in [1.82, 2.24) is 24.8 Å². The van der Waals surface area contributed by atoms with Gasteiger partial charge < -0.3 is 15.4 Å². The highest BCUT2D eigenvalue weighted by atomic mass is 19.1. The van der Waals surface area contributed by atoms with E-state index in [1.54, 1.807) is 29.2 Å². The van der Waals surface area contributed by atoms with Crippen molar-refractivity contribution in [1.29, 1.82) is 0 Å². The summed E-state index contributed by atoms with van der Waals surface area (Å²) in [6, 6.07) is 3.56. The average Bonchev–Trinajstić information content (AvgIpc) is 3.19. The zero-order valence-corrected chi connectivity index (χ0v) is 17.8. The third-order valence-corrected chi connectivity index (χ3v) is 5.22. The van der Waals surface area contributed by atoms with Crippen molar-refractivity contribution in [2.24, 2.45) is 0 Å². The van der Waals surface area contributed by atoms with Crippen LogP contribution in [0.2, 0.25) is 0 Å². The molecule has 0 bridgehead atoms. The van der Waals surface area contributed by atoms with Gasteiger partial charge in [-0.1, -0.05) is 0 Å². The second-order valence-corrected chi connectivity index (χ2v) is 7.86. The SMILES string of the molecule is CC(C)Nc1c(C(=O)NCCN2CCOCC2)cnn2cc(-c3ccncc3F)cc12. The Morgan fingerprint density at radius 3 is 2.84 bits per heavy atom. The molecule has 3 aromatic rings. The molecule has 0 unspecified atom stereocenters. The summed E-state index contributed by atoms with van der Waals surface area (Å²) in [6.07, 6.45) is 6.04. The molecule has 4 heterocycles. The molecule has 0 aliphatic carbocycles. The van der Waals surface area contributed by atoms with Crippen LogP contribution in [0.25, 0.3) is 16.6 Å². The van der Waals surface area contributed by atoms with E-state index in [0.29, 0.717) is 34.4 Å². The van der Waals surface area contributed by atoms with Gasteiger partial charge in [-0.2, -0.15) is 5.10 Å². The molecule has 164 valence electrons. The maximum atomic E-state index is 14.2. The number of amides is 1. The van der Waals surface area contributed by atoms with E-state index in [0.717, 1.165) is 32.8 Å². The van der Waals surface area contributed by atoms with Gasteiger partial charge in [0.15, 0.2) is 0 Å². The topological polar surface area (TPSA) is 83.8 Å². The standard InChI is InChI=1S/C22H27FN6O2/c1-15(2)27-21-18(22(30)25-5-6-28-7-9-31-10-8-28)12-26-29-14-16(11-20(21)29)17-3-4-24-13-19(17)23/h3-4,11-15,27H,5-10H2,1-2H3,(H,25,30). The van der Waals surface area contributed by atoms with Gasteiger partial charge in [-0.15, -0.1) is 0 Å². The number of aromatic nitrogens is 3. The van der Waals surface area contributed by atoms with Crippen molar-refractivity contribution in [3.63, 3.8) is 0 Å². The molecule has 0 spiro atoms. The molecule has 0 atom stereocenters. The largest absolute Gasteiger partial charge is 0.380 e. The van der Waals surface area contributed by atoms with Gasteiger partial charge in [0.1, 0.15) is 5.82 Å². The molecule has 1 amide bonds. The lowest BCUT2D eigenvalue weighted by Gasteiger charge is -2.26. The number of carbonyl (C=O) groups is 1. The number of rotatable bonds is 7. The highest BCUT2D eigenvalue weighted by Gasteiger charge is 2.19. The Kier molecular flexibility index (Phi) is 6.43. The zero-order chi connectivity index (χ0) is 21.8. The van der Waals surface area contributed by atoms with E-state index in [2.05, 4.69) is 25.6 Å². The molecule has 1 aliphatic heterocycles. The second kappa shape index (κ2) is 9.40. The molecule has 0 aromatic carbocycles. The monoisotopic (exact) mass is 426 g/mol. The Morgan fingerprint density at radius 1 is 1.29 bits per heavy atom. The number of carbonyl (C=O) groups excluding carboxylic acids is 1. The Hall–Kier alpha value is -3.04. The van der Waals surface area contributed by atoms with E-state index in [4.69, 9.17) is 4.74 Å². The Bertz CT molecular complexity index is 1060. The number of nitrogens with one attached hydrogen (secondary N) is 2. The summed E-state index contributed by atoms with van der Waals surface area (Å²) in [4.78, 5) is 19.0. The van der Waals surface area contributed by atoms with Crippen LogP contribution in [0.1, 0.15) is 24.2 Å². The predicted molar refractivity (Wildman–Crippen MR) is 117 cm³/mol. The van der Waals surface area contributed by atoms with Gasteiger partial charge in [0.2, 0.25) is 0 Å². The molecular weight excluding hydrogens is 399 g/mol. The summed E-state index contributed by atoms with van der Waals surface area (Å²) in [5.41, 5.74) is 2.95. The van der Waals surface area contributed by atoms with E-state index in [-0.39, 0.29) is 11.9 Å². The van der Waals surface area contributed by atoms with Gasteiger partial charge in [0.25, 0.3) is 5.91 Å². The first-order valence-electron chi connectivity index (χ1n) is 10.5. The second-order valence-electron chi connectivity index (χ2n) is 7.86. The first-order valence-corrected chi connectivity index (χ1v) is 10.5. The number of anilines is 1. The maximum Gasteiger partial charge on any atom is 0.255 e. The lowest BCUT2D eigenvalue weighted by molar-refractivity contribution is 0.0383. The molecule has 8 nitrogen and oxygen atoms in total. The van der Waals surface area contributed by atoms with Crippen LogP contribution >= 0.6 is 0 Å². The number of fused-ring (bicyclic) bond motifs is 1. The van der Waals surface area contributed by atoms with Crippen molar-refractivity contribution >= 4 is 17.1 Å². The van der Waals surface area contributed by atoms with Crippen molar-refractivity contribution in [2.45, 2.75) is 19.9 Å². The fourth-order valence-corrected chi connectivity index (χ4v) is 3.67. The quantitative estimate of drug-likeness (QED) is 0.604. The molecule has 2 N–H and O–H groups in total. The molecule has 9 heteroatoms. The van der Waals surface area contributed by atoms with Gasteiger partial charge in [-0.3, -0.25) is 14.7 Å². The van der Waals surface area contributed by atoms with Crippen molar-refractivity contribution < 1.29 is 13.9 Å². The van der Waals surface area contributed by atoms with Crippen LogP contribution in [0.5, 0.6) is 0 Å². The number of halogens is 1. The minimum Gasteiger partial charge on any atom is -0.380 e. The highest BCUT2D eigenvalue weighted by molar-refractivity contribution is 6.03. The van der Waals surface area contributed by atoms with E-state index >= 15 is 0 Å². The Balaban J connectivity index is 1.60. The summed E-state index contributed by atoms with van der Waals surface area (Å²) in [5.74, 6) is -0.595. The smallest absolute Gasteiger partial charge is 0.255 e. The average molecular weight is 426 g/mol. The van der Waals surface area contributed by atoms with E-state index < -0.39 is 5.82 Å². The first-order chi connectivity index (χ1) is 15.0. The molecule has 4 rings (SSSR count). The summed E-state index contributed by atoms with van der Waals surface area (Å²) in [5, 5.41) is 10.7. The number of ether oxygens (including phenoxy) is 1. The first kappa shape index (κ1) is 21.2. The van der Waals surface area contributed by atoms with Gasteiger partial charge in [0, 0.05) is 55.7 Å². The number of nitrogens with zero attached hydrogens (tertiary/aromatic N) is 4. The third-order valence-electron chi connectivity index (χ3n) is 5.22. The summed E-state index contributed by atoms with van der Waals surface area (Å²) in [6.45, 7) is 8.53. The normalized spacial score (nSPS) is 14.8. The number of hydrogen-bond acceptors (Lipinski definition) is 6. The molecular formula is C22H27FN6O2. The van der Waals surface area contributed by atoms with Gasteiger partial charge in [-0.25, -0.2) is 8.91 Å². The lowest BCUT2D eigenvalue weighted by Crippen LogP contribution is -2.41. The fraction of sp³-hybridized carbons (Fsp3) is 0.409. The minimum absolute atomic E-state index is 0.0992. The van der Waals surface area contributed by atoms with Crippen LogP contribution in [0.3, 0.4) is 0 Å². The maximum absolute atomic E-state index is 14.2. The molecule has 1 aliphatic rings. The number of pyridine rings is 1. The number of morpholine rings is 1. The molecule has 1 saturated heterocycles. The summed E-state index contributed by atoms with van der Waals surface area (Å²) < 4.78 is 21.2. The predicted octanol–water partition coefficient (Wildman–Crippen LogP) is 2.42. The molecule has 1 fully saturated rings. The van der Waals surface area contributed by atoms with Gasteiger partial charge in [0.05, 0.1) is 42.4 Å². The van der Waals surface area contributed by atoms with Crippen LogP contribution in [0.4, 0.5) is 10.1 Å². The van der Waals surface area contributed by atoms with Crippen LogP contribution in [-0.2, 0) is 4.74 Å². The highest BCUT2D eigenvalue weighted by Crippen LogP contribution is 2.30. The summed E-state index contributed by atoms with van der Waals surface area (Å²) in [7, 11) is 0. The van der Waals surface area contributed by atoms with E-state index in [1.807, 2.05) is 19.9 Å². The third kappa shape index (κ3) is 4.83. The zero-order valence-electron chi connectivity index (χ0n) is 17.8. The molecule has 0 radical (unpaired) electrons. The van der Waals surface area contributed by atoms with Crippen molar-refractivity contribution in [2.75, 3.05) is 44.7 Å². The molecule has 0 saturated carbocycles. The van der Waals surface area contributed by atoms with Crippen LogP contribution < -0.4 is 10.6 Å². The number of hydrogen-bond donors (Lipinski definition) is 2.